The van der Waals surface area contributed by atoms with Crippen molar-refractivity contribution in [2.24, 2.45) is 10.9 Å². The lowest BCUT2D eigenvalue weighted by atomic mass is 9.96. The molecule has 1 aromatic rings. The fourth-order valence-corrected chi connectivity index (χ4v) is 1.58. The van der Waals surface area contributed by atoms with Crippen LogP contribution in [0.5, 0.6) is 0 Å². The van der Waals surface area contributed by atoms with E-state index in [1.165, 1.54) is 0 Å². The first-order valence-corrected chi connectivity index (χ1v) is 4.32. The molecule has 0 N–H and O–H groups in total. The highest BCUT2D eigenvalue weighted by Crippen LogP contribution is 2.12. The summed E-state index contributed by atoms with van der Waals surface area (Å²) in [5, 5.41) is 10.4. The Morgan fingerprint density at radius 1 is 1.43 bits per heavy atom. The largest absolute Gasteiger partial charge is 0.271 e. The van der Waals surface area contributed by atoms with Crippen molar-refractivity contribution >= 4 is 11.5 Å². The van der Waals surface area contributed by atoms with E-state index in [2.05, 4.69) is 4.99 Å². The molecular weight excluding hydrogens is 176 g/mol. The average Bonchev–Trinajstić information content (AvgIpc) is 2.18. The number of amides is 1. The quantitative estimate of drug-likeness (QED) is 0.576. The van der Waals surface area contributed by atoms with Gasteiger partial charge in [-0.25, -0.2) is 4.99 Å². The van der Waals surface area contributed by atoms with E-state index in [-0.39, 0.29) is 5.91 Å². The number of para-hydroxylation sites is 1. The molecular formula is C11H8N2O. The van der Waals surface area contributed by atoms with E-state index >= 15 is 0 Å². The van der Waals surface area contributed by atoms with Crippen LogP contribution in [0.3, 0.4) is 0 Å². The van der Waals surface area contributed by atoms with E-state index in [1.54, 1.807) is 13.0 Å². The number of rotatable bonds is 0. The molecule has 1 aliphatic rings. The van der Waals surface area contributed by atoms with Crippen LogP contribution in [0.15, 0.2) is 29.3 Å². The molecule has 0 spiro atoms. The maximum atomic E-state index is 11.4. The fraction of sp³-hybridized carbons (Fsp3) is 0.182. The van der Waals surface area contributed by atoms with Gasteiger partial charge in [-0.2, -0.15) is 5.26 Å². The van der Waals surface area contributed by atoms with Crippen LogP contribution in [0.25, 0.3) is 5.57 Å². The summed E-state index contributed by atoms with van der Waals surface area (Å²) >= 11 is 0. The third-order valence-corrected chi connectivity index (χ3v) is 2.37. The van der Waals surface area contributed by atoms with Crippen molar-refractivity contribution in [3.8, 4) is 6.07 Å². The molecule has 1 amide bonds. The molecule has 3 heteroatoms. The molecule has 0 radical (unpaired) electrons. The van der Waals surface area contributed by atoms with Gasteiger partial charge >= 0.3 is 0 Å². The monoisotopic (exact) mass is 184 g/mol. The average molecular weight is 184 g/mol. The lowest BCUT2D eigenvalue weighted by molar-refractivity contribution is -0.119. The second-order valence-electron chi connectivity index (χ2n) is 3.21. The van der Waals surface area contributed by atoms with E-state index in [4.69, 9.17) is 5.26 Å². The summed E-state index contributed by atoms with van der Waals surface area (Å²) in [5.41, 5.74) is 0.795. The maximum Gasteiger partial charge on any atom is 0.267 e. The summed E-state index contributed by atoms with van der Waals surface area (Å²) in [4.78, 5) is 15.3. The van der Waals surface area contributed by atoms with Gasteiger partial charge in [-0.3, -0.25) is 4.79 Å². The van der Waals surface area contributed by atoms with Crippen LogP contribution >= 0.6 is 0 Å². The summed E-state index contributed by atoms with van der Waals surface area (Å²) in [7, 11) is 0. The van der Waals surface area contributed by atoms with Gasteiger partial charge in [-0.1, -0.05) is 18.2 Å². The van der Waals surface area contributed by atoms with Crippen molar-refractivity contribution in [2.75, 3.05) is 0 Å². The van der Waals surface area contributed by atoms with Crippen LogP contribution < -0.4 is 10.6 Å². The van der Waals surface area contributed by atoms with Crippen molar-refractivity contribution in [1.82, 2.24) is 0 Å². The Morgan fingerprint density at radius 3 is 2.86 bits per heavy atom. The zero-order valence-corrected chi connectivity index (χ0v) is 7.69. The Kier molecular flexibility index (Phi) is 1.90. The molecule has 0 bridgehead atoms. The summed E-state index contributed by atoms with van der Waals surface area (Å²) in [6.45, 7) is 1.80. The van der Waals surface area contributed by atoms with E-state index in [9.17, 15) is 4.79 Å². The number of fused-ring (bicyclic) bond motifs is 1. The number of carbonyl (C=O) groups excluding carboxylic acids is 1. The lowest BCUT2D eigenvalue weighted by Crippen LogP contribution is -2.35. The van der Waals surface area contributed by atoms with E-state index in [1.807, 2.05) is 24.3 Å². The molecule has 1 atom stereocenters. The van der Waals surface area contributed by atoms with E-state index < -0.39 is 5.92 Å². The van der Waals surface area contributed by atoms with Crippen LogP contribution in [-0.2, 0) is 4.79 Å². The predicted octanol–water partition coefficient (Wildman–Crippen LogP) is 0.157. The van der Waals surface area contributed by atoms with Crippen molar-refractivity contribution < 1.29 is 4.79 Å². The normalized spacial score (nSPS) is 19.6. The van der Waals surface area contributed by atoms with Gasteiger partial charge < -0.3 is 0 Å². The third-order valence-electron chi connectivity index (χ3n) is 2.37. The Balaban J connectivity index is 2.86. The minimum atomic E-state index is -0.704. The number of carbonyl (C=O) groups is 1. The summed E-state index contributed by atoms with van der Waals surface area (Å²) in [6.07, 6.45) is 0. The molecule has 3 nitrogen and oxygen atoms in total. The van der Waals surface area contributed by atoms with Gasteiger partial charge in [-0.15, -0.1) is 0 Å². The van der Waals surface area contributed by atoms with Gasteiger partial charge in [0, 0.05) is 5.22 Å². The standard InChI is InChI=1S/C11H8N2O/c1-7-8-4-2-3-5-10(8)13-11(14)9(7)6-12/h2-5,9H,1H3. The number of nitriles is 1. The molecule has 1 aromatic carbocycles. The zero-order chi connectivity index (χ0) is 10.1. The third kappa shape index (κ3) is 1.12. The molecule has 68 valence electrons. The second-order valence-corrected chi connectivity index (χ2v) is 3.21. The summed E-state index contributed by atoms with van der Waals surface area (Å²) in [6, 6.07) is 9.33. The molecule has 14 heavy (non-hydrogen) atoms. The van der Waals surface area contributed by atoms with Crippen molar-refractivity contribution in [1.29, 1.82) is 5.26 Å². The van der Waals surface area contributed by atoms with Crippen LogP contribution in [0.1, 0.15) is 6.92 Å². The van der Waals surface area contributed by atoms with Crippen molar-refractivity contribution in [3.05, 3.63) is 34.8 Å². The van der Waals surface area contributed by atoms with E-state index in [0.717, 1.165) is 10.8 Å². The van der Waals surface area contributed by atoms with Crippen LogP contribution in [0.2, 0.25) is 0 Å². The fourth-order valence-electron chi connectivity index (χ4n) is 1.58. The van der Waals surface area contributed by atoms with Crippen LogP contribution in [0.4, 0.5) is 0 Å². The Morgan fingerprint density at radius 2 is 2.14 bits per heavy atom. The molecule has 0 aromatic heterocycles. The highest BCUT2D eigenvalue weighted by atomic mass is 16.1. The topological polar surface area (TPSA) is 53.2 Å². The Labute approximate surface area is 81.0 Å². The first-order chi connectivity index (χ1) is 6.74. The SMILES string of the molecule is CC1=c2ccccc2=NC(=O)C1C#N. The number of hydrogen-bond donors (Lipinski definition) is 0. The molecule has 0 saturated heterocycles. The van der Waals surface area contributed by atoms with Gasteiger partial charge in [0.15, 0.2) is 0 Å². The molecule has 0 saturated carbocycles. The number of benzene rings is 1. The summed E-state index contributed by atoms with van der Waals surface area (Å²) < 4.78 is 0. The molecule has 1 aliphatic heterocycles. The summed E-state index contributed by atoms with van der Waals surface area (Å²) in [5.74, 6) is -1.06. The van der Waals surface area contributed by atoms with Crippen LogP contribution in [0, 0.1) is 17.2 Å². The molecule has 2 rings (SSSR count). The van der Waals surface area contributed by atoms with Gasteiger partial charge in [0.05, 0.1) is 11.4 Å². The highest BCUT2D eigenvalue weighted by molar-refractivity contribution is 5.91. The molecule has 1 unspecified atom stereocenters. The molecule has 1 heterocycles. The molecule has 0 fully saturated rings. The van der Waals surface area contributed by atoms with E-state index in [0.29, 0.717) is 5.36 Å². The number of nitrogens with zero attached hydrogens (tertiary/aromatic N) is 2. The Hall–Kier alpha value is -1.95. The molecule has 0 aliphatic carbocycles. The Bertz CT molecular complexity index is 551. The second kappa shape index (κ2) is 3.08. The van der Waals surface area contributed by atoms with Crippen LogP contribution in [-0.4, -0.2) is 5.91 Å². The van der Waals surface area contributed by atoms with Crippen molar-refractivity contribution in [2.45, 2.75) is 6.92 Å². The lowest BCUT2D eigenvalue weighted by Gasteiger charge is -2.09. The predicted molar refractivity (Wildman–Crippen MR) is 50.4 cm³/mol. The smallest absolute Gasteiger partial charge is 0.267 e. The highest BCUT2D eigenvalue weighted by Gasteiger charge is 2.22. The van der Waals surface area contributed by atoms with Gasteiger partial charge in [0.25, 0.3) is 5.91 Å². The minimum Gasteiger partial charge on any atom is -0.271 e. The minimum absolute atomic E-state index is 0.358. The number of hydrogen-bond acceptors (Lipinski definition) is 2. The first kappa shape index (κ1) is 8.64. The van der Waals surface area contributed by atoms with Gasteiger partial charge in [0.1, 0.15) is 5.92 Å². The van der Waals surface area contributed by atoms with Gasteiger partial charge in [-0.05, 0) is 18.6 Å². The van der Waals surface area contributed by atoms with Gasteiger partial charge in [0.2, 0.25) is 0 Å². The maximum absolute atomic E-state index is 11.4. The van der Waals surface area contributed by atoms with Crippen molar-refractivity contribution in [3.63, 3.8) is 0 Å². The first-order valence-electron chi connectivity index (χ1n) is 4.32. The zero-order valence-electron chi connectivity index (χ0n) is 7.69.